The number of methoxy groups -OCH3 is 2. The van der Waals surface area contributed by atoms with Crippen molar-refractivity contribution >= 4 is 17.9 Å². The normalized spacial score (nSPS) is 9.94. The fraction of sp³-hybridized carbons (Fsp3) is 0.0714. The van der Waals surface area contributed by atoms with E-state index in [1.54, 1.807) is 49.8 Å². The second kappa shape index (κ2) is 11.3. The molecule has 1 amide bonds. The highest BCUT2D eigenvalue weighted by Gasteiger charge is 2.14. The zero-order valence-corrected chi connectivity index (χ0v) is 19.5. The van der Waals surface area contributed by atoms with Crippen LogP contribution in [0.1, 0.15) is 21.5 Å². The molecule has 0 aliphatic rings. The van der Waals surface area contributed by atoms with Gasteiger partial charge in [-0.25, -0.2) is 14.6 Å². The summed E-state index contributed by atoms with van der Waals surface area (Å²) in [7, 11) is 2.83. The van der Waals surface area contributed by atoms with Crippen LogP contribution < -0.4 is 14.8 Å². The number of nitrogens with zero attached hydrogens (tertiary/aromatic N) is 2. The van der Waals surface area contributed by atoms with Gasteiger partial charge in [-0.2, -0.15) is 0 Å². The molecule has 0 saturated carbocycles. The van der Waals surface area contributed by atoms with Crippen molar-refractivity contribution in [1.29, 1.82) is 0 Å². The average molecular weight is 479 g/mol. The summed E-state index contributed by atoms with van der Waals surface area (Å²) in [4.78, 5) is 33.2. The molecule has 0 fully saturated rings. The summed E-state index contributed by atoms with van der Waals surface area (Å²) in [5.74, 6) is 6.65. The lowest BCUT2D eigenvalue weighted by molar-refractivity contribution is 0.0600. The van der Waals surface area contributed by atoms with Gasteiger partial charge in [0.1, 0.15) is 17.3 Å². The molecule has 4 aromatic rings. The Morgan fingerprint density at radius 2 is 1.58 bits per heavy atom. The molecule has 0 aliphatic carbocycles. The number of carbonyl (C=O) groups excluding carboxylic acids is 2. The molecule has 0 aliphatic heterocycles. The zero-order valence-electron chi connectivity index (χ0n) is 19.5. The summed E-state index contributed by atoms with van der Waals surface area (Å²) in [5, 5.41) is 2.56. The molecule has 1 N–H and O–H groups in total. The van der Waals surface area contributed by atoms with Crippen LogP contribution in [0.2, 0.25) is 0 Å². The van der Waals surface area contributed by atoms with Crippen molar-refractivity contribution in [1.82, 2.24) is 9.97 Å². The Balaban J connectivity index is 1.55. The number of benzene rings is 2. The van der Waals surface area contributed by atoms with Gasteiger partial charge in [-0.15, -0.1) is 0 Å². The molecule has 0 atom stereocenters. The molecular weight excluding hydrogens is 458 g/mol. The lowest BCUT2D eigenvalue weighted by Gasteiger charge is -2.10. The summed E-state index contributed by atoms with van der Waals surface area (Å²) in [6.07, 6.45) is 2.62. The molecule has 4 rings (SSSR count). The van der Waals surface area contributed by atoms with E-state index in [1.165, 1.54) is 13.2 Å². The quantitative estimate of drug-likeness (QED) is 0.319. The Labute approximate surface area is 207 Å². The van der Waals surface area contributed by atoms with Crippen molar-refractivity contribution in [3.63, 3.8) is 0 Å². The van der Waals surface area contributed by atoms with Crippen molar-refractivity contribution < 1.29 is 23.8 Å². The second-order valence-electron chi connectivity index (χ2n) is 7.38. The predicted octanol–water partition coefficient (Wildman–Crippen LogP) is 4.95. The number of hydrogen-bond donors (Lipinski definition) is 1. The Bertz CT molecular complexity index is 1420. The van der Waals surface area contributed by atoms with Gasteiger partial charge in [0, 0.05) is 29.1 Å². The van der Waals surface area contributed by atoms with Crippen molar-refractivity contribution in [3.05, 3.63) is 102 Å². The number of nitrogens with one attached hydrogen (secondary N) is 1. The van der Waals surface area contributed by atoms with Gasteiger partial charge in [0.05, 0.1) is 25.5 Å². The lowest BCUT2D eigenvalue weighted by Crippen LogP contribution is -2.18. The van der Waals surface area contributed by atoms with Gasteiger partial charge in [0.15, 0.2) is 0 Å². The van der Waals surface area contributed by atoms with Crippen LogP contribution in [-0.4, -0.2) is 36.3 Å². The Morgan fingerprint density at radius 3 is 2.25 bits per heavy atom. The molecule has 0 unspecified atom stereocenters. The van der Waals surface area contributed by atoms with Crippen LogP contribution in [0.3, 0.4) is 0 Å². The van der Waals surface area contributed by atoms with Crippen molar-refractivity contribution in [2.45, 2.75) is 0 Å². The minimum atomic E-state index is -0.762. The molecule has 8 heteroatoms. The number of aromatic nitrogens is 2. The molecule has 2 aromatic carbocycles. The highest BCUT2D eigenvalue weighted by Crippen LogP contribution is 2.23. The number of esters is 1. The molecule has 0 saturated heterocycles. The summed E-state index contributed by atoms with van der Waals surface area (Å²) >= 11 is 0. The summed E-state index contributed by atoms with van der Waals surface area (Å²) in [5.41, 5.74) is 3.02. The van der Waals surface area contributed by atoms with Gasteiger partial charge in [0.2, 0.25) is 0 Å². The van der Waals surface area contributed by atoms with Crippen LogP contribution in [0.15, 0.2) is 85.2 Å². The van der Waals surface area contributed by atoms with Crippen molar-refractivity contribution in [2.24, 2.45) is 0 Å². The third-order valence-corrected chi connectivity index (χ3v) is 4.94. The van der Waals surface area contributed by atoms with Crippen LogP contribution in [0.25, 0.3) is 11.3 Å². The van der Waals surface area contributed by atoms with E-state index in [4.69, 9.17) is 14.2 Å². The lowest BCUT2D eigenvalue weighted by atomic mass is 10.1. The molecule has 0 bridgehead atoms. The number of anilines is 1. The van der Waals surface area contributed by atoms with Crippen LogP contribution >= 0.6 is 0 Å². The zero-order chi connectivity index (χ0) is 25.3. The smallest absolute Gasteiger partial charge is 0.418 e. The fourth-order valence-electron chi connectivity index (χ4n) is 3.16. The Morgan fingerprint density at radius 1 is 0.861 bits per heavy atom. The van der Waals surface area contributed by atoms with E-state index >= 15 is 0 Å². The van der Waals surface area contributed by atoms with Gasteiger partial charge < -0.3 is 14.2 Å². The van der Waals surface area contributed by atoms with E-state index < -0.39 is 12.1 Å². The van der Waals surface area contributed by atoms with Gasteiger partial charge >= 0.3 is 12.1 Å². The maximum absolute atomic E-state index is 12.4. The highest BCUT2D eigenvalue weighted by atomic mass is 16.6. The predicted molar refractivity (Wildman–Crippen MR) is 134 cm³/mol. The van der Waals surface area contributed by atoms with E-state index in [-0.39, 0.29) is 11.4 Å². The number of amides is 1. The van der Waals surface area contributed by atoms with E-state index in [9.17, 15) is 9.59 Å². The first-order valence-corrected chi connectivity index (χ1v) is 10.8. The van der Waals surface area contributed by atoms with E-state index in [0.717, 1.165) is 16.7 Å². The average Bonchev–Trinajstić information content (AvgIpc) is 2.92. The Kier molecular flexibility index (Phi) is 7.54. The van der Waals surface area contributed by atoms with E-state index in [1.807, 2.05) is 36.4 Å². The number of pyridine rings is 2. The minimum absolute atomic E-state index is 0.131. The first kappa shape index (κ1) is 24.0. The molecule has 2 heterocycles. The molecule has 0 radical (unpaired) electrons. The molecule has 36 heavy (non-hydrogen) atoms. The number of rotatable bonds is 5. The molecule has 2 aromatic heterocycles. The standard InChI is InChI=1S/C28H21N3O5/c1-34-23-11-13-24(14-12-23)36-28(33)31-26-17-22(27(32)35-2)16-25(30-26)21-9-7-19(8-10-21)5-6-20-4-3-15-29-18-20/h3-4,7-18H,1-2H3,(H,30,31,33). The SMILES string of the molecule is COC(=O)c1cc(NC(=O)Oc2ccc(OC)cc2)nc(-c2ccc(C#Cc3cccnc3)cc2)c1. The van der Waals surface area contributed by atoms with E-state index in [2.05, 4.69) is 27.1 Å². The van der Waals surface area contributed by atoms with Crippen LogP contribution in [0.5, 0.6) is 11.5 Å². The maximum atomic E-state index is 12.4. The third kappa shape index (κ3) is 6.24. The highest BCUT2D eigenvalue weighted by molar-refractivity contribution is 5.93. The largest absolute Gasteiger partial charge is 0.497 e. The van der Waals surface area contributed by atoms with Gasteiger partial charge in [-0.3, -0.25) is 10.3 Å². The molecule has 178 valence electrons. The first-order valence-electron chi connectivity index (χ1n) is 10.8. The molecular formula is C28H21N3O5. The summed E-state index contributed by atoms with van der Waals surface area (Å²) < 4.78 is 15.2. The van der Waals surface area contributed by atoms with Crippen LogP contribution in [0, 0.1) is 11.8 Å². The molecule has 0 spiro atoms. The van der Waals surface area contributed by atoms with Crippen LogP contribution in [0.4, 0.5) is 10.6 Å². The van der Waals surface area contributed by atoms with E-state index in [0.29, 0.717) is 17.2 Å². The summed E-state index contributed by atoms with van der Waals surface area (Å²) in [6, 6.07) is 20.6. The van der Waals surface area contributed by atoms with Gasteiger partial charge in [-0.1, -0.05) is 24.0 Å². The second-order valence-corrected chi connectivity index (χ2v) is 7.38. The number of ether oxygens (including phenoxy) is 3. The first-order chi connectivity index (χ1) is 17.5. The number of carbonyl (C=O) groups is 2. The van der Waals surface area contributed by atoms with Gasteiger partial charge in [-0.05, 0) is 60.7 Å². The van der Waals surface area contributed by atoms with Crippen LogP contribution in [-0.2, 0) is 4.74 Å². The summed E-state index contributed by atoms with van der Waals surface area (Å²) in [6.45, 7) is 0. The molecule has 8 nitrogen and oxygen atoms in total. The fourth-order valence-corrected chi connectivity index (χ4v) is 3.16. The minimum Gasteiger partial charge on any atom is -0.497 e. The van der Waals surface area contributed by atoms with Crippen molar-refractivity contribution in [3.8, 4) is 34.6 Å². The van der Waals surface area contributed by atoms with Gasteiger partial charge in [0.25, 0.3) is 0 Å². The number of hydrogen-bond acceptors (Lipinski definition) is 7. The monoisotopic (exact) mass is 479 g/mol. The third-order valence-electron chi connectivity index (χ3n) is 4.94. The Hall–Kier alpha value is -5.16. The van der Waals surface area contributed by atoms with Crippen molar-refractivity contribution in [2.75, 3.05) is 19.5 Å². The topological polar surface area (TPSA) is 99.6 Å². The maximum Gasteiger partial charge on any atom is 0.418 e.